The summed E-state index contributed by atoms with van der Waals surface area (Å²) in [6, 6.07) is 5.30. The monoisotopic (exact) mass is 274 g/mol. The minimum Gasteiger partial charge on any atom is -0.507 e. The Hall–Kier alpha value is -1.97. The highest BCUT2D eigenvalue weighted by Crippen LogP contribution is 2.38. The van der Waals surface area contributed by atoms with Crippen LogP contribution in [0.1, 0.15) is 38.7 Å². The Morgan fingerprint density at radius 2 is 1.80 bits per heavy atom. The van der Waals surface area contributed by atoms with E-state index in [1.165, 1.54) is 0 Å². The second-order valence-corrected chi connectivity index (χ2v) is 5.00. The molecule has 2 aromatic rings. The average molecular weight is 274 g/mol. The van der Waals surface area contributed by atoms with Crippen LogP contribution in [0.2, 0.25) is 0 Å². The summed E-state index contributed by atoms with van der Waals surface area (Å²) in [5.74, 6) is 0.235. The van der Waals surface area contributed by atoms with Crippen LogP contribution in [0, 0.1) is 0 Å². The number of nitrogens with zero attached hydrogens (tertiary/aromatic N) is 2. The smallest absolute Gasteiger partial charge is 0.128 e. The van der Waals surface area contributed by atoms with Crippen LogP contribution in [-0.4, -0.2) is 20.0 Å². The lowest BCUT2D eigenvalue weighted by molar-refractivity contribution is 0.451. The Kier molecular flexibility index (Phi) is 4.66. The van der Waals surface area contributed by atoms with E-state index in [4.69, 9.17) is 0 Å². The first kappa shape index (κ1) is 14.4. The first-order valence-corrected chi connectivity index (χ1v) is 7.24. The molecule has 0 bridgehead atoms. The van der Waals surface area contributed by atoms with Crippen LogP contribution < -0.4 is 0 Å². The maximum absolute atomic E-state index is 10.2. The standard InChI is InChI=1S/C16H22N2O2/c1-3-5-6-7-12-10-14(19)16(15(20)11-12)13-8-9-17-18(13)4-2/h8-11,19-20H,3-7H2,1-2H3. The zero-order valence-electron chi connectivity index (χ0n) is 12.1. The SMILES string of the molecule is CCCCCc1cc(O)c(-c2ccnn2CC)c(O)c1. The summed E-state index contributed by atoms with van der Waals surface area (Å²) in [6.07, 6.45) is 5.94. The minimum absolute atomic E-state index is 0.117. The van der Waals surface area contributed by atoms with Crippen LogP contribution in [-0.2, 0) is 13.0 Å². The number of hydrogen-bond donors (Lipinski definition) is 2. The lowest BCUT2D eigenvalue weighted by Crippen LogP contribution is -1.99. The highest BCUT2D eigenvalue weighted by molar-refractivity contribution is 5.74. The Morgan fingerprint density at radius 1 is 1.10 bits per heavy atom. The van der Waals surface area contributed by atoms with Crippen LogP contribution in [0.3, 0.4) is 0 Å². The van der Waals surface area contributed by atoms with Crippen LogP contribution in [0.25, 0.3) is 11.3 Å². The van der Waals surface area contributed by atoms with Crippen molar-refractivity contribution in [2.45, 2.75) is 46.1 Å². The highest BCUT2D eigenvalue weighted by Gasteiger charge is 2.15. The Morgan fingerprint density at radius 3 is 2.40 bits per heavy atom. The van der Waals surface area contributed by atoms with Crippen LogP contribution in [0.5, 0.6) is 11.5 Å². The zero-order valence-corrected chi connectivity index (χ0v) is 12.1. The quantitative estimate of drug-likeness (QED) is 0.789. The van der Waals surface area contributed by atoms with Crippen molar-refractivity contribution >= 4 is 0 Å². The van der Waals surface area contributed by atoms with Gasteiger partial charge in [-0.25, -0.2) is 0 Å². The van der Waals surface area contributed by atoms with Crippen LogP contribution in [0.4, 0.5) is 0 Å². The van der Waals surface area contributed by atoms with Crippen molar-refractivity contribution in [3.8, 4) is 22.8 Å². The van der Waals surface area contributed by atoms with Gasteiger partial charge >= 0.3 is 0 Å². The molecule has 0 spiro atoms. The van der Waals surface area contributed by atoms with Gasteiger partial charge in [0.2, 0.25) is 0 Å². The molecule has 0 aliphatic rings. The molecule has 1 aromatic heterocycles. The Balaban J connectivity index is 2.32. The molecule has 0 unspecified atom stereocenters. The lowest BCUT2D eigenvalue weighted by Gasteiger charge is -2.11. The number of aromatic hydroxyl groups is 2. The minimum atomic E-state index is 0.117. The van der Waals surface area contributed by atoms with Crippen molar-refractivity contribution in [1.29, 1.82) is 0 Å². The van der Waals surface area contributed by atoms with Crippen molar-refractivity contribution < 1.29 is 10.2 Å². The number of aromatic nitrogens is 2. The van der Waals surface area contributed by atoms with Crippen molar-refractivity contribution in [3.63, 3.8) is 0 Å². The second kappa shape index (κ2) is 6.46. The predicted octanol–water partition coefficient (Wildman–Crippen LogP) is 3.71. The topological polar surface area (TPSA) is 58.3 Å². The molecular weight excluding hydrogens is 252 g/mol. The van der Waals surface area contributed by atoms with Gasteiger partial charge in [-0.05, 0) is 43.5 Å². The number of unbranched alkanes of at least 4 members (excludes halogenated alkanes) is 2. The molecule has 0 radical (unpaired) electrons. The van der Waals surface area contributed by atoms with E-state index < -0.39 is 0 Å². The summed E-state index contributed by atoms with van der Waals surface area (Å²) in [5, 5.41) is 24.6. The molecule has 0 saturated heterocycles. The molecule has 1 aromatic carbocycles. The van der Waals surface area contributed by atoms with Gasteiger partial charge in [-0.3, -0.25) is 4.68 Å². The molecule has 0 atom stereocenters. The number of phenols is 2. The van der Waals surface area contributed by atoms with E-state index in [0.717, 1.165) is 36.9 Å². The summed E-state index contributed by atoms with van der Waals surface area (Å²) < 4.78 is 1.76. The molecule has 0 aliphatic carbocycles. The van der Waals surface area contributed by atoms with Gasteiger partial charge in [0.15, 0.2) is 0 Å². The van der Waals surface area contributed by atoms with E-state index in [2.05, 4.69) is 12.0 Å². The number of rotatable bonds is 6. The van der Waals surface area contributed by atoms with Crippen LogP contribution >= 0.6 is 0 Å². The molecule has 0 saturated carbocycles. The third kappa shape index (κ3) is 2.95. The molecule has 2 rings (SSSR count). The largest absolute Gasteiger partial charge is 0.507 e. The van der Waals surface area contributed by atoms with Crippen molar-refractivity contribution in [2.75, 3.05) is 0 Å². The maximum atomic E-state index is 10.2. The van der Waals surface area contributed by atoms with Crippen LogP contribution in [0.15, 0.2) is 24.4 Å². The molecule has 20 heavy (non-hydrogen) atoms. The van der Waals surface area contributed by atoms with Gasteiger partial charge in [0, 0.05) is 12.7 Å². The third-order valence-electron chi connectivity index (χ3n) is 3.50. The third-order valence-corrected chi connectivity index (χ3v) is 3.50. The van der Waals surface area contributed by atoms with Gasteiger partial charge in [-0.2, -0.15) is 5.10 Å². The van der Waals surface area contributed by atoms with Crippen molar-refractivity contribution in [1.82, 2.24) is 9.78 Å². The van der Waals surface area contributed by atoms with Gasteiger partial charge < -0.3 is 10.2 Å². The maximum Gasteiger partial charge on any atom is 0.128 e. The van der Waals surface area contributed by atoms with E-state index in [-0.39, 0.29) is 11.5 Å². The summed E-state index contributed by atoms with van der Waals surface area (Å²) in [5.41, 5.74) is 2.17. The Bertz CT molecular complexity index is 553. The number of aryl methyl sites for hydroxylation is 2. The fraction of sp³-hybridized carbons (Fsp3) is 0.438. The second-order valence-electron chi connectivity index (χ2n) is 5.00. The lowest BCUT2D eigenvalue weighted by atomic mass is 10.0. The number of benzene rings is 1. The Labute approximate surface area is 119 Å². The van der Waals surface area contributed by atoms with Gasteiger partial charge in [0.25, 0.3) is 0 Å². The molecule has 0 amide bonds. The van der Waals surface area contributed by atoms with E-state index >= 15 is 0 Å². The summed E-state index contributed by atoms with van der Waals surface area (Å²) in [4.78, 5) is 0. The first-order chi connectivity index (χ1) is 9.67. The van der Waals surface area contributed by atoms with E-state index in [1.807, 2.05) is 6.92 Å². The highest BCUT2D eigenvalue weighted by atomic mass is 16.3. The number of hydrogen-bond acceptors (Lipinski definition) is 3. The number of phenolic OH excluding ortho intramolecular Hbond substituents is 2. The van der Waals surface area contributed by atoms with E-state index in [0.29, 0.717) is 12.1 Å². The van der Waals surface area contributed by atoms with Gasteiger partial charge in [0.05, 0.1) is 11.3 Å². The normalized spacial score (nSPS) is 10.9. The summed E-state index contributed by atoms with van der Waals surface area (Å²) in [7, 11) is 0. The van der Waals surface area contributed by atoms with Gasteiger partial charge in [0.1, 0.15) is 11.5 Å². The molecular formula is C16H22N2O2. The van der Waals surface area contributed by atoms with Gasteiger partial charge in [-0.1, -0.05) is 19.8 Å². The molecule has 4 heteroatoms. The first-order valence-electron chi connectivity index (χ1n) is 7.24. The molecule has 0 fully saturated rings. The van der Waals surface area contributed by atoms with E-state index in [1.54, 1.807) is 29.1 Å². The van der Waals surface area contributed by atoms with Gasteiger partial charge in [-0.15, -0.1) is 0 Å². The zero-order chi connectivity index (χ0) is 14.5. The molecule has 4 nitrogen and oxygen atoms in total. The summed E-state index contributed by atoms with van der Waals surface area (Å²) in [6.45, 7) is 4.83. The molecule has 1 heterocycles. The average Bonchev–Trinajstić information content (AvgIpc) is 2.86. The molecule has 0 aliphatic heterocycles. The molecule has 108 valence electrons. The van der Waals surface area contributed by atoms with E-state index in [9.17, 15) is 10.2 Å². The summed E-state index contributed by atoms with van der Waals surface area (Å²) >= 11 is 0. The van der Waals surface area contributed by atoms with Crippen molar-refractivity contribution in [3.05, 3.63) is 30.0 Å². The molecule has 2 N–H and O–H groups in total. The van der Waals surface area contributed by atoms with Crippen molar-refractivity contribution in [2.24, 2.45) is 0 Å². The predicted molar refractivity (Wildman–Crippen MR) is 79.9 cm³/mol. The fourth-order valence-corrected chi connectivity index (χ4v) is 2.45. The fourth-order valence-electron chi connectivity index (χ4n) is 2.45.